The molecule has 1 aromatic rings. The molecule has 0 bridgehead atoms. The average molecular weight is 219 g/mol. The highest BCUT2D eigenvalue weighted by molar-refractivity contribution is 5.28. The predicted octanol–water partition coefficient (Wildman–Crippen LogP) is 2.48. The maximum Gasteiger partial charge on any atom is 0.119 e. The van der Waals surface area contributed by atoms with Gasteiger partial charge in [-0.1, -0.05) is 12.1 Å². The van der Waals surface area contributed by atoms with Crippen LogP contribution in [0, 0.1) is 11.8 Å². The highest BCUT2D eigenvalue weighted by Gasteiger charge is 2.29. The summed E-state index contributed by atoms with van der Waals surface area (Å²) in [6.45, 7) is 1.16. The minimum atomic E-state index is 0.861. The molecule has 0 amide bonds. The van der Waals surface area contributed by atoms with Gasteiger partial charge in [-0.15, -0.1) is 0 Å². The van der Waals surface area contributed by atoms with E-state index in [-0.39, 0.29) is 0 Å². The molecule has 0 aliphatic heterocycles. The van der Waals surface area contributed by atoms with E-state index in [1.54, 1.807) is 7.11 Å². The molecule has 0 radical (unpaired) electrons. The third-order valence-electron chi connectivity index (χ3n) is 3.67. The summed E-state index contributed by atoms with van der Waals surface area (Å²) >= 11 is 0. The molecule has 1 aliphatic rings. The normalized spacial score (nSPS) is 23.9. The van der Waals surface area contributed by atoms with Crippen LogP contribution >= 0.6 is 0 Å². The Bertz CT molecular complexity index is 337. The lowest BCUT2D eigenvalue weighted by Crippen LogP contribution is -2.35. The summed E-state index contributed by atoms with van der Waals surface area (Å²) in [4.78, 5) is 0. The van der Waals surface area contributed by atoms with Crippen LogP contribution in [0.2, 0.25) is 0 Å². The van der Waals surface area contributed by atoms with Crippen LogP contribution in [0.4, 0.5) is 0 Å². The number of rotatable bonds is 5. The van der Waals surface area contributed by atoms with E-state index in [4.69, 9.17) is 4.74 Å². The van der Waals surface area contributed by atoms with Gasteiger partial charge in [-0.05, 0) is 62.4 Å². The van der Waals surface area contributed by atoms with Gasteiger partial charge in [-0.2, -0.15) is 0 Å². The number of nitrogens with one attached hydrogen (secondary N) is 1. The van der Waals surface area contributed by atoms with Crippen molar-refractivity contribution in [1.82, 2.24) is 5.32 Å². The van der Waals surface area contributed by atoms with E-state index in [1.165, 1.54) is 24.8 Å². The Morgan fingerprint density at radius 3 is 2.75 bits per heavy atom. The van der Waals surface area contributed by atoms with Crippen molar-refractivity contribution in [2.45, 2.75) is 19.3 Å². The molecule has 0 saturated heterocycles. The summed E-state index contributed by atoms with van der Waals surface area (Å²) in [6.07, 6.45) is 3.96. The van der Waals surface area contributed by atoms with Crippen LogP contribution in [-0.2, 0) is 6.42 Å². The van der Waals surface area contributed by atoms with E-state index in [0.717, 1.165) is 24.1 Å². The van der Waals surface area contributed by atoms with Crippen LogP contribution in [0.3, 0.4) is 0 Å². The molecule has 2 unspecified atom stereocenters. The van der Waals surface area contributed by atoms with Crippen molar-refractivity contribution in [2.24, 2.45) is 11.8 Å². The van der Waals surface area contributed by atoms with Crippen LogP contribution < -0.4 is 10.1 Å². The Balaban J connectivity index is 1.93. The van der Waals surface area contributed by atoms with Crippen LogP contribution in [-0.4, -0.2) is 20.7 Å². The van der Waals surface area contributed by atoms with Gasteiger partial charge in [0.15, 0.2) is 0 Å². The quantitative estimate of drug-likeness (QED) is 0.821. The maximum atomic E-state index is 5.25. The highest BCUT2D eigenvalue weighted by atomic mass is 16.5. The van der Waals surface area contributed by atoms with E-state index in [2.05, 4.69) is 23.5 Å². The summed E-state index contributed by atoms with van der Waals surface area (Å²) in [5, 5.41) is 3.28. The first kappa shape index (κ1) is 11.5. The van der Waals surface area contributed by atoms with Crippen molar-refractivity contribution in [1.29, 1.82) is 0 Å². The first-order valence-electron chi connectivity index (χ1n) is 6.11. The number of ether oxygens (including phenoxy) is 1. The number of hydrogen-bond acceptors (Lipinski definition) is 2. The first-order chi connectivity index (χ1) is 7.83. The summed E-state index contributed by atoms with van der Waals surface area (Å²) in [6, 6.07) is 8.46. The monoisotopic (exact) mass is 219 g/mol. The highest BCUT2D eigenvalue weighted by Crippen LogP contribution is 2.36. The van der Waals surface area contributed by atoms with Crippen molar-refractivity contribution in [3.63, 3.8) is 0 Å². The van der Waals surface area contributed by atoms with Gasteiger partial charge in [-0.25, -0.2) is 0 Å². The van der Waals surface area contributed by atoms with Crippen molar-refractivity contribution in [2.75, 3.05) is 20.7 Å². The zero-order chi connectivity index (χ0) is 11.4. The SMILES string of the molecule is CNCC1CCC1Cc1cccc(OC)c1. The van der Waals surface area contributed by atoms with Crippen LogP contribution in [0.1, 0.15) is 18.4 Å². The average Bonchev–Trinajstić information content (AvgIpc) is 2.32. The van der Waals surface area contributed by atoms with E-state index in [1.807, 2.05) is 13.1 Å². The molecule has 1 saturated carbocycles. The summed E-state index contributed by atoms with van der Waals surface area (Å²) in [7, 11) is 3.77. The predicted molar refractivity (Wildman–Crippen MR) is 66.8 cm³/mol. The largest absolute Gasteiger partial charge is 0.497 e. The molecule has 0 aromatic heterocycles. The molecule has 2 rings (SSSR count). The molecule has 1 aliphatic carbocycles. The van der Waals surface area contributed by atoms with E-state index in [0.29, 0.717) is 0 Å². The van der Waals surface area contributed by atoms with E-state index >= 15 is 0 Å². The van der Waals surface area contributed by atoms with Gasteiger partial charge in [0, 0.05) is 0 Å². The fraction of sp³-hybridized carbons (Fsp3) is 0.571. The van der Waals surface area contributed by atoms with Crippen LogP contribution in [0.25, 0.3) is 0 Å². The zero-order valence-electron chi connectivity index (χ0n) is 10.2. The molecule has 1 fully saturated rings. The fourth-order valence-electron chi connectivity index (χ4n) is 2.54. The molecule has 2 atom stereocenters. The van der Waals surface area contributed by atoms with Gasteiger partial charge in [0.2, 0.25) is 0 Å². The van der Waals surface area contributed by atoms with Crippen molar-refractivity contribution in [3.8, 4) is 5.75 Å². The van der Waals surface area contributed by atoms with Crippen molar-refractivity contribution < 1.29 is 4.74 Å². The van der Waals surface area contributed by atoms with E-state index in [9.17, 15) is 0 Å². The second kappa shape index (κ2) is 5.35. The Morgan fingerprint density at radius 2 is 2.12 bits per heavy atom. The van der Waals surface area contributed by atoms with Crippen LogP contribution in [0.5, 0.6) is 5.75 Å². The molecular weight excluding hydrogens is 198 g/mol. The second-order valence-corrected chi connectivity index (χ2v) is 4.71. The van der Waals surface area contributed by atoms with Gasteiger partial charge in [-0.3, -0.25) is 0 Å². The summed E-state index contributed by atoms with van der Waals surface area (Å²) in [5.41, 5.74) is 1.41. The molecule has 1 aromatic carbocycles. The van der Waals surface area contributed by atoms with Gasteiger partial charge in [0.1, 0.15) is 5.75 Å². The molecular formula is C14H21NO. The lowest BCUT2D eigenvalue weighted by molar-refractivity contribution is 0.174. The maximum absolute atomic E-state index is 5.25. The third kappa shape index (κ3) is 2.56. The number of benzene rings is 1. The topological polar surface area (TPSA) is 21.3 Å². The van der Waals surface area contributed by atoms with Crippen LogP contribution in [0.15, 0.2) is 24.3 Å². The molecule has 2 nitrogen and oxygen atoms in total. The van der Waals surface area contributed by atoms with Gasteiger partial charge in [0.05, 0.1) is 7.11 Å². The molecule has 0 heterocycles. The third-order valence-corrected chi connectivity index (χ3v) is 3.67. The summed E-state index contributed by atoms with van der Waals surface area (Å²) in [5.74, 6) is 2.71. The van der Waals surface area contributed by atoms with Crippen molar-refractivity contribution >= 4 is 0 Å². The smallest absolute Gasteiger partial charge is 0.119 e. The Kier molecular flexibility index (Phi) is 3.83. The number of methoxy groups -OCH3 is 1. The lowest BCUT2D eigenvalue weighted by atomic mass is 9.71. The second-order valence-electron chi connectivity index (χ2n) is 4.71. The Labute approximate surface area is 98.0 Å². The van der Waals surface area contributed by atoms with Gasteiger partial charge >= 0.3 is 0 Å². The Morgan fingerprint density at radius 1 is 1.31 bits per heavy atom. The summed E-state index contributed by atoms with van der Waals surface area (Å²) < 4.78 is 5.25. The molecule has 88 valence electrons. The minimum Gasteiger partial charge on any atom is -0.497 e. The fourth-order valence-corrected chi connectivity index (χ4v) is 2.54. The molecule has 0 spiro atoms. The zero-order valence-corrected chi connectivity index (χ0v) is 10.2. The number of hydrogen-bond donors (Lipinski definition) is 1. The molecule has 2 heteroatoms. The minimum absolute atomic E-state index is 0.861. The van der Waals surface area contributed by atoms with Gasteiger partial charge in [0.25, 0.3) is 0 Å². The molecule has 1 N–H and O–H groups in total. The van der Waals surface area contributed by atoms with Crippen molar-refractivity contribution in [3.05, 3.63) is 29.8 Å². The van der Waals surface area contributed by atoms with Gasteiger partial charge < -0.3 is 10.1 Å². The lowest BCUT2D eigenvalue weighted by Gasteiger charge is -2.36. The molecule has 16 heavy (non-hydrogen) atoms. The Hall–Kier alpha value is -1.02. The standard InChI is InChI=1S/C14H21NO/c1-15-10-13-7-6-12(13)8-11-4-3-5-14(9-11)16-2/h3-5,9,12-13,15H,6-8,10H2,1-2H3. The first-order valence-corrected chi connectivity index (χ1v) is 6.11. The van der Waals surface area contributed by atoms with E-state index < -0.39 is 0 Å².